The van der Waals surface area contributed by atoms with Crippen LogP contribution in [0.4, 0.5) is 13.2 Å². The Morgan fingerprint density at radius 1 is 1.14 bits per heavy atom. The fraction of sp³-hybridized carbons (Fsp3) is 0.933. The average Bonchev–Trinajstić information content (AvgIpc) is 2.30. The van der Waals surface area contributed by atoms with Crippen molar-refractivity contribution < 1.29 is 13.2 Å². The number of likely N-dealkylation sites (tertiary alicyclic amines) is 1. The van der Waals surface area contributed by atoms with Crippen molar-refractivity contribution >= 4 is 5.96 Å². The number of alkyl halides is 3. The lowest BCUT2D eigenvalue weighted by Gasteiger charge is -2.44. The lowest BCUT2D eigenvalue weighted by Crippen LogP contribution is -2.52. The summed E-state index contributed by atoms with van der Waals surface area (Å²) < 4.78 is 37.9. The maximum Gasteiger partial charge on any atom is 0.391 e. The van der Waals surface area contributed by atoms with Crippen LogP contribution in [0, 0.1) is 5.92 Å². The van der Waals surface area contributed by atoms with Gasteiger partial charge in [-0.15, -0.1) is 0 Å². The fourth-order valence-electron chi connectivity index (χ4n) is 3.17. The second-order valence-corrected chi connectivity index (χ2v) is 7.52. The lowest BCUT2D eigenvalue weighted by molar-refractivity contribution is -0.187. The van der Waals surface area contributed by atoms with Crippen molar-refractivity contribution in [3.05, 3.63) is 0 Å². The fourth-order valence-corrected chi connectivity index (χ4v) is 3.17. The van der Waals surface area contributed by atoms with E-state index in [-0.39, 0.29) is 24.4 Å². The van der Waals surface area contributed by atoms with Crippen molar-refractivity contribution in [2.45, 2.75) is 70.3 Å². The van der Waals surface area contributed by atoms with Crippen LogP contribution in [0.15, 0.2) is 4.99 Å². The summed E-state index contributed by atoms with van der Waals surface area (Å²) in [5.41, 5.74) is 5.75. The van der Waals surface area contributed by atoms with E-state index in [0.29, 0.717) is 25.1 Å². The van der Waals surface area contributed by atoms with Gasteiger partial charge in [0.05, 0.1) is 12.0 Å². The van der Waals surface area contributed by atoms with Gasteiger partial charge in [-0.25, -0.2) is 0 Å². The highest BCUT2D eigenvalue weighted by Crippen LogP contribution is 2.37. The molecule has 1 saturated heterocycles. The number of piperidine rings is 1. The minimum Gasteiger partial charge on any atom is -0.370 e. The summed E-state index contributed by atoms with van der Waals surface area (Å²) in [6, 6.07) is 0.561. The van der Waals surface area contributed by atoms with Crippen molar-refractivity contribution in [1.82, 2.24) is 10.2 Å². The summed E-state index contributed by atoms with van der Waals surface area (Å²) in [4.78, 5) is 6.63. The zero-order chi connectivity index (χ0) is 16.5. The molecule has 7 heteroatoms. The van der Waals surface area contributed by atoms with Gasteiger partial charge in [-0.2, -0.15) is 13.2 Å². The molecule has 0 bridgehead atoms. The maximum atomic E-state index is 12.6. The van der Waals surface area contributed by atoms with Gasteiger partial charge in [-0.1, -0.05) is 0 Å². The minimum absolute atomic E-state index is 0.115. The third-order valence-electron chi connectivity index (χ3n) is 4.42. The molecule has 0 radical (unpaired) electrons. The van der Waals surface area contributed by atoms with Crippen LogP contribution in [-0.4, -0.2) is 47.7 Å². The highest BCUT2D eigenvalue weighted by molar-refractivity contribution is 5.78. The molecule has 0 aromatic carbocycles. The quantitative estimate of drug-likeness (QED) is 0.607. The molecular formula is C15H27F3N4. The van der Waals surface area contributed by atoms with Gasteiger partial charge in [0, 0.05) is 11.6 Å². The van der Waals surface area contributed by atoms with Gasteiger partial charge < -0.3 is 16.0 Å². The van der Waals surface area contributed by atoms with Crippen molar-refractivity contribution in [2.75, 3.05) is 13.1 Å². The normalized spacial score (nSPS) is 29.3. The number of hydrogen-bond acceptors (Lipinski definition) is 2. The number of nitrogens with two attached hydrogens (primary N) is 1. The third-order valence-corrected chi connectivity index (χ3v) is 4.42. The Morgan fingerprint density at radius 2 is 1.68 bits per heavy atom. The van der Waals surface area contributed by atoms with Gasteiger partial charge >= 0.3 is 6.18 Å². The molecule has 2 aliphatic rings. The maximum absolute atomic E-state index is 12.6. The SMILES string of the molecule is CC(C)(C)NC(N)=NC1CC(N2CCC(C(F)(F)F)CC2)C1. The molecule has 1 heterocycles. The van der Waals surface area contributed by atoms with E-state index >= 15 is 0 Å². The number of nitrogens with zero attached hydrogens (tertiary/aromatic N) is 2. The van der Waals surface area contributed by atoms with Gasteiger partial charge in [0.1, 0.15) is 0 Å². The van der Waals surface area contributed by atoms with E-state index < -0.39 is 12.1 Å². The smallest absolute Gasteiger partial charge is 0.370 e. The molecule has 128 valence electrons. The second kappa shape index (κ2) is 6.26. The molecular weight excluding hydrogens is 293 g/mol. The van der Waals surface area contributed by atoms with Crippen LogP contribution in [0.3, 0.4) is 0 Å². The van der Waals surface area contributed by atoms with Crippen LogP contribution in [0.25, 0.3) is 0 Å². The van der Waals surface area contributed by atoms with Crippen LogP contribution in [0.2, 0.25) is 0 Å². The Morgan fingerprint density at radius 3 is 2.14 bits per heavy atom. The van der Waals surface area contributed by atoms with Crippen molar-refractivity contribution in [2.24, 2.45) is 16.6 Å². The molecule has 0 aromatic rings. The van der Waals surface area contributed by atoms with Crippen LogP contribution in [-0.2, 0) is 0 Å². The summed E-state index contributed by atoms with van der Waals surface area (Å²) >= 11 is 0. The largest absolute Gasteiger partial charge is 0.391 e. The van der Waals surface area contributed by atoms with Gasteiger partial charge in [-0.05, 0) is 59.5 Å². The Hall–Kier alpha value is -0.980. The summed E-state index contributed by atoms with van der Waals surface area (Å²) in [6.07, 6.45) is -1.80. The molecule has 0 atom stereocenters. The van der Waals surface area contributed by atoms with Crippen LogP contribution >= 0.6 is 0 Å². The minimum atomic E-state index is -4.04. The predicted molar refractivity (Wildman–Crippen MR) is 81.7 cm³/mol. The van der Waals surface area contributed by atoms with E-state index in [4.69, 9.17) is 5.73 Å². The first kappa shape index (κ1) is 17.4. The van der Waals surface area contributed by atoms with E-state index in [1.54, 1.807) is 0 Å². The molecule has 0 amide bonds. The van der Waals surface area contributed by atoms with E-state index in [0.717, 1.165) is 12.8 Å². The Labute approximate surface area is 130 Å². The molecule has 3 N–H and O–H groups in total. The lowest BCUT2D eigenvalue weighted by atomic mass is 9.83. The molecule has 0 spiro atoms. The molecule has 4 nitrogen and oxygen atoms in total. The van der Waals surface area contributed by atoms with Crippen molar-refractivity contribution in [1.29, 1.82) is 0 Å². The highest BCUT2D eigenvalue weighted by Gasteiger charge is 2.43. The molecule has 0 unspecified atom stereocenters. The molecule has 2 rings (SSSR count). The van der Waals surface area contributed by atoms with E-state index in [1.807, 2.05) is 20.8 Å². The number of aliphatic imine (C=N–C) groups is 1. The van der Waals surface area contributed by atoms with E-state index in [2.05, 4.69) is 15.2 Å². The van der Waals surface area contributed by atoms with Crippen LogP contribution in [0.5, 0.6) is 0 Å². The standard InChI is InChI=1S/C15H27F3N4/c1-14(2,3)21-13(19)20-11-8-12(9-11)22-6-4-10(5-7-22)15(16,17)18/h10-12H,4-9H2,1-3H3,(H3,19,20,21). The topological polar surface area (TPSA) is 53.6 Å². The number of halogens is 3. The first-order valence-electron chi connectivity index (χ1n) is 7.97. The molecule has 1 aliphatic heterocycles. The predicted octanol–water partition coefficient (Wildman–Crippen LogP) is 2.49. The molecule has 0 aromatic heterocycles. The molecule has 1 saturated carbocycles. The summed E-state index contributed by atoms with van der Waals surface area (Å²) in [7, 11) is 0. The molecule has 2 fully saturated rings. The number of guanidine groups is 1. The second-order valence-electron chi connectivity index (χ2n) is 7.52. The van der Waals surface area contributed by atoms with Gasteiger partial charge in [0.15, 0.2) is 5.96 Å². The molecule has 22 heavy (non-hydrogen) atoms. The van der Waals surface area contributed by atoms with Crippen LogP contribution < -0.4 is 11.1 Å². The first-order chi connectivity index (χ1) is 10.0. The zero-order valence-corrected chi connectivity index (χ0v) is 13.6. The highest BCUT2D eigenvalue weighted by atomic mass is 19.4. The average molecular weight is 320 g/mol. The van der Waals surface area contributed by atoms with E-state index in [1.165, 1.54) is 0 Å². The van der Waals surface area contributed by atoms with E-state index in [9.17, 15) is 13.2 Å². The van der Waals surface area contributed by atoms with Crippen molar-refractivity contribution in [3.8, 4) is 0 Å². The monoisotopic (exact) mass is 320 g/mol. The summed E-state index contributed by atoms with van der Waals surface area (Å²) in [5.74, 6) is -0.670. The summed E-state index contributed by atoms with van der Waals surface area (Å²) in [6.45, 7) is 7.14. The third kappa shape index (κ3) is 4.76. The Kier molecular flexibility index (Phi) is 4.94. The van der Waals surface area contributed by atoms with Gasteiger partial charge in [0.2, 0.25) is 0 Å². The van der Waals surface area contributed by atoms with Gasteiger partial charge in [-0.3, -0.25) is 4.99 Å². The summed E-state index contributed by atoms with van der Waals surface area (Å²) in [5, 5.41) is 3.12. The Bertz CT molecular complexity index is 400. The number of rotatable bonds is 2. The van der Waals surface area contributed by atoms with Crippen molar-refractivity contribution in [3.63, 3.8) is 0 Å². The number of nitrogens with one attached hydrogen (secondary N) is 1. The number of hydrogen-bond donors (Lipinski definition) is 2. The van der Waals surface area contributed by atoms with Gasteiger partial charge in [0.25, 0.3) is 0 Å². The molecule has 1 aliphatic carbocycles. The Balaban J connectivity index is 1.73. The zero-order valence-electron chi connectivity index (χ0n) is 13.6. The van der Waals surface area contributed by atoms with Crippen LogP contribution in [0.1, 0.15) is 46.5 Å². The first-order valence-corrected chi connectivity index (χ1v) is 7.97.